The number of para-hydroxylation sites is 1. The van der Waals surface area contributed by atoms with E-state index in [-0.39, 0.29) is 11.7 Å². The molecule has 0 bridgehead atoms. The van der Waals surface area contributed by atoms with Gasteiger partial charge in [0.2, 0.25) is 5.91 Å². The minimum Gasteiger partial charge on any atom is -0.384 e. The highest BCUT2D eigenvalue weighted by atomic mass is 19.1. The molecule has 0 aliphatic carbocycles. The fraction of sp³-hybridized carbons (Fsp3) is 0.130. The number of nitrogens with zero attached hydrogens (tertiary/aromatic N) is 1. The van der Waals surface area contributed by atoms with Gasteiger partial charge in [-0.05, 0) is 47.9 Å². The van der Waals surface area contributed by atoms with Gasteiger partial charge in [-0.15, -0.1) is 0 Å². The minimum atomic E-state index is -0.215. The third-order valence-corrected chi connectivity index (χ3v) is 4.28. The molecule has 0 radical (unpaired) electrons. The molecule has 0 aliphatic rings. The lowest BCUT2D eigenvalue weighted by atomic mass is 10.1. The van der Waals surface area contributed by atoms with Crippen LogP contribution in [0.4, 0.5) is 10.1 Å². The largest absolute Gasteiger partial charge is 0.384 e. The Kier molecular flexibility index (Phi) is 6.52. The van der Waals surface area contributed by atoms with Crippen LogP contribution in [0.5, 0.6) is 0 Å². The van der Waals surface area contributed by atoms with Crippen molar-refractivity contribution < 1.29 is 9.18 Å². The van der Waals surface area contributed by atoms with E-state index in [1.165, 1.54) is 12.1 Å². The summed E-state index contributed by atoms with van der Waals surface area (Å²) in [6.07, 6.45) is 5.65. The van der Waals surface area contributed by atoms with Crippen molar-refractivity contribution in [1.29, 1.82) is 0 Å². The molecule has 3 aromatic rings. The Balaban J connectivity index is 1.69. The highest BCUT2D eigenvalue weighted by molar-refractivity contribution is 5.91. The highest BCUT2D eigenvalue weighted by Crippen LogP contribution is 2.26. The molecule has 1 aromatic heterocycles. The Labute approximate surface area is 164 Å². The molecule has 0 fully saturated rings. The molecule has 3 rings (SSSR count). The Morgan fingerprint density at radius 1 is 1.11 bits per heavy atom. The van der Waals surface area contributed by atoms with Crippen molar-refractivity contribution in [3.63, 3.8) is 0 Å². The monoisotopic (exact) mass is 375 g/mol. The summed E-state index contributed by atoms with van der Waals surface area (Å²) in [7, 11) is 1.59. The maximum Gasteiger partial charge on any atom is 0.243 e. The van der Waals surface area contributed by atoms with Gasteiger partial charge in [0.25, 0.3) is 0 Å². The van der Waals surface area contributed by atoms with Crippen LogP contribution in [-0.4, -0.2) is 24.5 Å². The van der Waals surface area contributed by atoms with Gasteiger partial charge in [0.15, 0.2) is 0 Å². The first-order chi connectivity index (χ1) is 13.7. The first-order valence-electron chi connectivity index (χ1n) is 9.09. The number of carbonyl (C=O) groups excluding carboxylic acids is 1. The molecule has 5 heteroatoms. The number of halogens is 1. The molecule has 2 N–H and O–H groups in total. The third kappa shape index (κ3) is 5.27. The zero-order valence-electron chi connectivity index (χ0n) is 15.7. The van der Waals surface area contributed by atoms with Crippen LogP contribution in [0.3, 0.4) is 0 Å². The lowest BCUT2D eigenvalue weighted by molar-refractivity contribution is -0.115. The van der Waals surface area contributed by atoms with E-state index < -0.39 is 0 Å². The molecule has 0 saturated carbocycles. The van der Waals surface area contributed by atoms with Crippen molar-refractivity contribution in [3.8, 4) is 11.3 Å². The number of likely N-dealkylation sites (N-methyl/N-ethyl adjacent to an activating group) is 1. The van der Waals surface area contributed by atoms with Crippen LogP contribution in [0.25, 0.3) is 17.3 Å². The smallest absolute Gasteiger partial charge is 0.243 e. The number of benzene rings is 2. The summed E-state index contributed by atoms with van der Waals surface area (Å²) in [5.41, 5.74) is 4.61. The van der Waals surface area contributed by atoms with Gasteiger partial charge in [0.05, 0.1) is 5.69 Å². The van der Waals surface area contributed by atoms with Crippen molar-refractivity contribution in [3.05, 3.63) is 89.9 Å². The van der Waals surface area contributed by atoms with Gasteiger partial charge < -0.3 is 10.6 Å². The van der Waals surface area contributed by atoms with Gasteiger partial charge >= 0.3 is 0 Å². The summed E-state index contributed by atoms with van der Waals surface area (Å²) < 4.78 is 13.3. The molecule has 0 saturated heterocycles. The van der Waals surface area contributed by atoms with Gasteiger partial charge in [-0.3, -0.25) is 9.78 Å². The van der Waals surface area contributed by atoms with Crippen molar-refractivity contribution in [2.24, 2.45) is 0 Å². The van der Waals surface area contributed by atoms with Crippen LogP contribution in [0.1, 0.15) is 11.1 Å². The molecule has 142 valence electrons. The van der Waals surface area contributed by atoms with E-state index in [0.717, 1.165) is 34.5 Å². The molecule has 0 unspecified atom stereocenters. The van der Waals surface area contributed by atoms with Gasteiger partial charge in [-0.1, -0.05) is 36.4 Å². The van der Waals surface area contributed by atoms with Gasteiger partial charge in [-0.2, -0.15) is 0 Å². The second kappa shape index (κ2) is 9.46. The summed E-state index contributed by atoms with van der Waals surface area (Å²) in [5, 5.41) is 5.95. The van der Waals surface area contributed by atoms with E-state index in [4.69, 9.17) is 0 Å². The summed E-state index contributed by atoms with van der Waals surface area (Å²) in [6, 6.07) is 18.4. The van der Waals surface area contributed by atoms with Gasteiger partial charge in [0, 0.05) is 37.1 Å². The predicted molar refractivity (Wildman–Crippen MR) is 111 cm³/mol. The van der Waals surface area contributed by atoms with E-state index in [2.05, 4.69) is 15.6 Å². The first-order valence-corrected chi connectivity index (χ1v) is 9.09. The molecule has 0 aliphatic heterocycles. The predicted octanol–water partition coefficient (Wildman–Crippen LogP) is 4.30. The molecule has 28 heavy (non-hydrogen) atoms. The fourth-order valence-corrected chi connectivity index (χ4v) is 2.81. The van der Waals surface area contributed by atoms with Crippen LogP contribution in [0, 0.1) is 5.82 Å². The normalized spacial score (nSPS) is 10.8. The maximum atomic E-state index is 13.3. The number of anilines is 1. The number of rotatable bonds is 7. The number of aromatic nitrogens is 1. The maximum absolute atomic E-state index is 13.3. The zero-order chi connectivity index (χ0) is 19.8. The summed E-state index contributed by atoms with van der Waals surface area (Å²) in [4.78, 5) is 15.8. The number of nitrogens with one attached hydrogen (secondary N) is 2. The van der Waals surface area contributed by atoms with Crippen LogP contribution in [0.2, 0.25) is 0 Å². The molecule has 0 atom stereocenters. The molecule has 1 amide bonds. The molecular formula is C23H22FN3O. The molecular weight excluding hydrogens is 353 g/mol. The van der Waals surface area contributed by atoms with E-state index >= 15 is 0 Å². The summed E-state index contributed by atoms with van der Waals surface area (Å²) in [5.74, 6) is -0.371. The number of carbonyl (C=O) groups is 1. The SMILES string of the molecule is CNC(=O)/C=C/c1ccc(-c2ccccc2NCCc2cccc(F)c2)nc1. The third-order valence-electron chi connectivity index (χ3n) is 4.28. The number of amides is 1. The van der Waals surface area contributed by atoms with Crippen molar-refractivity contribution in [1.82, 2.24) is 10.3 Å². The highest BCUT2D eigenvalue weighted by Gasteiger charge is 2.06. The van der Waals surface area contributed by atoms with Gasteiger partial charge in [0.1, 0.15) is 5.82 Å². The van der Waals surface area contributed by atoms with E-state index in [9.17, 15) is 9.18 Å². The number of hydrogen-bond acceptors (Lipinski definition) is 3. The van der Waals surface area contributed by atoms with Crippen LogP contribution >= 0.6 is 0 Å². The Morgan fingerprint density at radius 2 is 1.96 bits per heavy atom. The topological polar surface area (TPSA) is 54.0 Å². The van der Waals surface area contributed by atoms with Crippen LogP contribution in [-0.2, 0) is 11.2 Å². The lowest BCUT2D eigenvalue weighted by Gasteiger charge is -2.12. The second-order valence-corrected chi connectivity index (χ2v) is 6.28. The average Bonchev–Trinajstić information content (AvgIpc) is 2.73. The second-order valence-electron chi connectivity index (χ2n) is 6.28. The number of hydrogen-bond donors (Lipinski definition) is 2. The molecule has 2 aromatic carbocycles. The van der Waals surface area contributed by atoms with E-state index in [1.54, 1.807) is 31.5 Å². The molecule has 4 nitrogen and oxygen atoms in total. The number of pyridine rings is 1. The van der Waals surface area contributed by atoms with Gasteiger partial charge in [-0.25, -0.2) is 4.39 Å². The Bertz CT molecular complexity index is 968. The summed E-state index contributed by atoms with van der Waals surface area (Å²) >= 11 is 0. The standard InChI is InChI=1S/C23H22FN3O/c1-25-23(28)12-10-18-9-11-22(27-16-18)20-7-2-3-8-21(20)26-14-13-17-5-4-6-19(24)15-17/h2-12,15-16,26H,13-14H2,1H3,(H,25,28)/b12-10+. The van der Waals surface area contributed by atoms with Crippen molar-refractivity contribution >= 4 is 17.7 Å². The quantitative estimate of drug-likeness (QED) is 0.606. The summed E-state index contributed by atoms with van der Waals surface area (Å²) in [6.45, 7) is 0.688. The van der Waals surface area contributed by atoms with E-state index in [1.807, 2.05) is 42.5 Å². The van der Waals surface area contributed by atoms with Crippen LogP contribution in [0.15, 0.2) is 72.9 Å². The fourth-order valence-electron chi connectivity index (χ4n) is 2.81. The lowest BCUT2D eigenvalue weighted by Crippen LogP contribution is -2.13. The molecule has 1 heterocycles. The van der Waals surface area contributed by atoms with Crippen molar-refractivity contribution in [2.45, 2.75) is 6.42 Å². The Hall–Kier alpha value is -3.47. The van der Waals surface area contributed by atoms with Crippen molar-refractivity contribution in [2.75, 3.05) is 18.9 Å². The first kappa shape index (κ1) is 19.3. The van der Waals surface area contributed by atoms with E-state index in [0.29, 0.717) is 6.54 Å². The minimum absolute atomic E-state index is 0.156. The Morgan fingerprint density at radius 3 is 2.71 bits per heavy atom. The zero-order valence-corrected chi connectivity index (χ0v) is 15.7. The molecule has 0 spiro atoms. The average molecular weight is 375 g/mol. The van der Waals surface area contributed by atoms with Crippen LogP contribution < -0.4 is 10.6 Å².